The molecule has 0 aliphatic rings. The summed E-state index contributed by atoms with van der Waals surface area (Å²) in [4.78, 5) is 14.9. The molecule has 1 aromatic heterocycles. The van der Waals surface area contributed by atoms with Crippen molar-refractivity contribution in [2.45, 2.75) is 26.8 Å². The Morgan fingerprint density at radius 1 is 1.64 bits per heavy atom. The summed E-state index contributed by atoms with van der Waals surface area (Å²) < 4.78 is 1.86. The molecule has 0 fully saturated rings. The van der Waals surface area contributed by atoms with Crippen molar-refractivity contribution >= 4 is 5.78 Å². The Morgan fingerprint density at radius 3 is 2.64 bits per heavy atom. The molecule has 1 rings (SSSR count). The van der Waals surface area contributed by atoms with Crippen LogP contribution in [0.2, 0.25) is 0 Å². The minimum absolute atomic E-state index is 0.0173. The van der Waals surface area contributed by atoms with E-state index in [0.717, 1.165) is 0 Å². The quantitative estimate of drug-likeness (QED) is 0.604. The van der Waals surface area contributed by atoms with Gasteiger partial charge < -0.3 is 4.57 Å². The zero-order valence-corrected chi connectivity index (χ0v) is 7.03. The van der Waals surface area contributed by atoms with Gasteiger partial charge in [0.05, 0.1) is 0 Å². The van der Waals surface area contributed by atoms with Gasteiger partial charge in [-0.1, -0.05) is 0 Å². The van der Waals surface area contributed by atoms with E-state index in [9.17, 15) is 4.79 Å². The maximum absolute atomic E-state index is 10.9. The van der Waals surface area contributed by atoms with Crippen molar-refractivity contribution in [2.75, 3.05) is 0 Å². The Morgan fingerprint density at radius 2 is 2.27 bits per heavy atom. The first-order valence-electron chi connectivity index (χ1n) is 3.66. The van der Waals surface area contributed by atoms with Crippen LogP contribution in [0, 0.1) is 0 Å². The minimum Gasteiger partial charge on any atom is -0.326 e. The van der Waals surface area contributed by atoms with Gasteiger partial charge in [0.2, 0.25) is 0 Å². The van der Waals surface area contributed by atoms with Crippen LogP contribution in [-0.4, -0.2) is 15.3 Å². The predicted octanol–water partition coefficient (Wildman–Crippen LogP) is 1.67. The van der Waals surface area contributed by atoms with Crippen LogP contribution in [0.4, 0.5) is 0 Å². The maximum Gasteiger partial charge on any atom is 0.195 e. The van der Waals surface area contributed by atoms with E-state index < -0.39 is 0 Å². The van der Waals surface area contributed by atoms with Crippen molar-refractivity contribution in [3.8, 4) is 0 Å². The summed E-state index contributed by atoms with van der Waals surface area (Å²) in [6, 6.07) is 0.302. The number of carbonyl (C=O) groups excluding carboxylic acids is 1. The number of hydrogen-bond donors (Lipinski definition) is 0. The summed E-state index contributed by atoms with van der Waals surface area (Å²) in [5.74, 6) is 0.559. The molecule has 0 saturated heterocycles. The highest BCUT2D eigenvalue weighted by molar-refractivity contribution is 5.90. The number of imidazole rings is 1. The summed E-state index contributed by atoms with van der Waals surface area (Å²) in [7, 11) is 0. The van der Waals surface area contributed by atoms with E-state index in [0.29, 0.717) is 11.9 Å². The standard InChI is InChI=1S/C8H12N2O/c1-6(2)10-5-4-9-8(10)7(3)11/h4-6H,1-3H3. The number of aromatic nitrogens is 2. The zero-order valence-electron chi connectivity index (χ0n) is 7.03. The number of Topliss-reactive ketones (excluding diaryl/α,β-unsaturated/α-hetero) is 1. The molecule has 3 nitrogen and oxygen atoms in total. The van der Waals surface area contributed by atoms with Gasteiger partial charge >= 0.3 is 0 Å². The lowest BCUT2D eigenvalue weighted by Gasteiger charge is -2.08. The van der Waals surface area contributed by atoms with Crippen LogP contribution >= 0.6 is 0 Å². The number of hydrogen-bond acceptors (Lipinski definition) is 2. The summed E-state index contributed by atoms with van der Waals surface area (Å²) in [5.41, 5.74) is 0. The van der Waals surface area contributed by atoms with Gasteiger partial charge in [-0.3, -0.25) is 4.79 Å². The number of ketones is 1. The molecule has 0 amide bonds. The highest BCUT2D eigenvalue weighted by Gasteiger charge is 2.08. The molecule has 0 unspecified atom stereocenters. The number of rotatable bonds is 2. The fourth-order valence-electron chi connectivity index (χ4n) is 1.00. The van der Waals surface area contributed by atoms with Gasteiger partial charge in [-0.25, -0.2) is 4.98 Å². The van der Waals surface area contributed by atoms with Gasteiger partial charge in [-0.15, -0.1) is 0 Å². The third kappa shape index (κ3) is 1.48. The van der Waals surface area contributed by atoms with E-state index in [4.69, 9.17) is 0 Å². The highest BCUT2D eigenvalue weighted by Crippen LogP contribution is 2.07. The molecule has 0 atom stereocenters. The molecular weight excluding hydrogens is 140 g/mol. The molecule has 0 bridgehead atoms. The Bertz CT molecular complexity index is 263. The minimum atomic E-state index is 0.0173. The molecule has 0 aromatic carbocycles. The molecule has 11 heavy (non-hydrogen) atoms. The van der Waals surface area contributed by atoms with Crippen molar-refractivity contribution in [2.24, 2.45) is 0 Å². The Labute approximate surface area is 66.1 Å². The van der Waals surface area contributed by atoms with Crippen molar-refractivity contribution in [1.29, 1.82) is 0 Å². The van der Waals surface area contributed by atoms with Gasteiger partial charge in [0.1, 0.15) is 0 Å². The molecule has 60 valence electrons. The maximum atomic E-state index is 10.9. The van der Waals surface area contributed by atoms with Crippen LogP contribution in [0.5, 0.6) is 0 Å². The molecular formula is C8H12N2O. The van der Waals surface area contributed by atoms with E-state index in [1.807, 2.05) is 24.6 Å². The van der Waals surface area contributed by atoms with Gasteiger partial charge in [-0.05, 0) is 13.8 Å². The SMILES string of the molecule is CC(=O)c1nccn1C(C)C. The molecule has 3 heteroatoms. The number of carbonyl (C=O) groups is 1. The second-order valence-electron chi connectivity index (χ2n) is 2.81. The summed E-state index contributed by atoms with van der Waals surface area (Å²) in [6.45, 7) is 5.57. The fourth-order valence-corrected chi connectivity index (χ4v) is 1.00. The first kappa shape index (κ1) is 7.98. The molecule has 0 aliphatic heterocycles. The van der Waals surface area contributed by atoms with E-state index in [1.165, 1.54) is 6.92 Å². The van der Waals surface area contributed by atoms with Gasteiger partial charge in [0, 0.05) is 25.4 Å². The van der Waals surface area contributed by atoms with Gasteiger partial charge in [0.25, 0.3) is 0 Å². The highest BCUT2D eigenvalue weighted by atomic mass is 16.1. The van der Waals surface area contributed by atoms with Crippen molar-refractivity contribution in [1.82, 2.24) is 9.55 Å². The predicted molar refractivity (Wildman–Crippen MR) is 42.6 cm³/mol. The lowest BCUT2D eigenvalue weighted by Crippen LogP contribution is -2.08. The smallest absolute Gasteiger partial charge is 0.195 e. The normalized spacial score (nSPS) is 10.5. The molecule has 0 radical (unpaired) electrons. The topological polar surface area (TPSA) is 34.9 Å². The summed E-state index contributed by atoms with van der Waals surface area (Å²) in [5, 5.41) is 0. The van der Waals surface area contributed by atoms with E-state index >= 15 is 0 Å². The Hall–Kier alpha value is -1.12. The van der Waals surface area contributed by atoms with E-state index in [-0.39, 0.29) is 5.78 Å². The number of nitrogens with zero attached hydrogens (tertiary/aromatic N) is 2. The average Bonchev–Trinajstić information content (AvgIpc) is 2.32. The van der Waals surface area contributed by atoms with Crippen LogP contribution in [0.3, 0.4) is 0 Å². The lowest BCUT2D eigenvalue weighted by molar-refractivity contribution is 0.0998. The van der Waals surface area contributed by atoms with E-state index in [1.54, 1.807) is 6.20 Å². The summed E-state index contributed by atoms with van der Waals surface area (Å²) in [6.07, 6.45) is 3.47. The molecule has 0 saturated carbocycles. The molecule has 1 heterocycles. The van der Waals surface area contributed by atoms with Crippen LogP contribution < -0.4 is 0 Å². The van der Waals surface area contributed by atoms with Crippen molar-refractivity contribution < 1.29 is 4.79 Å². The van der Waals surface area contributed by atoms with Crippen LogP contribution in [0.1, 0.15) is 37.4 Å². The van der Waals surface area contributed by atoms with Crippen LogP contribution in [0.15, 0.2) is 12.4 Å². The first-order valence-corrected chi connectivity index (χ1v) is 3.66. The molecule has 0 aliphatic carbocycles. The molecule has 1 aromatic rings. The fraction of sp³-hybridized carbons (Fsp3) is 0.500. The van der Waals surface area contributed by atoms with Crippen LogP contribution in [0.25, 0.3) is 0 Å². The van der Waals surface area contributed by atoms with Gasteiger partial charge in [-0.2, -0.15) is 0 Å². The lowest BCUT2D eigenvalue weighted by atomic mass is 10.3. The van der Waals surface area contributed by atoms with Crippen LogP contribution in [-0.2, 0) is 0 Å². The average molecular weight is 152 g/mol. The first-order chi connectivity index (χ1) is 5.13. The third-order valence-corrected chi connectivity index (χ3v) is 1.54. The van der Waals surface area contributed by atoms with Crippen molar-refractivity contribution in [3.63, 3.8) is 0 Å². The molecule has 0 N–H and O–H groups in total. The Balaban J connectivity index is 3.06. The summed E-state index contributed by atoms with van der Waals surface area (Å²) >= 11 is 0. The Kier molecular flexibility index (Phi) is 2.08. The second kappa shape index (κ2) is 2.86. The third-order valence-electron chi connectivity index (χ3n) is 1.54. The van der Waals surface area contributed by atoms with Crippen molar-refractivity contribution in [3.05, 3.63) is 18.2 Å². The largest absolute Gasteiger partial charge is 0.326 e. The monoisotopic (exact) mass is 152 g/mol. The van der Waals surface area contributed by atoms with Gasteiger partial charge in [0.15, 0.2) is 11.6 Å². The van der Waals surface area contributed by atoms with E-state index in [2.05, 4.69) is 4.98 Å². The zero-order chi connectivity index (χ0) is 8.43. The molecule has 0 spiro atoms. The second-order valence-corrected chi connectivity index (χ2v) is 2.81.